The summed E-state index contributed by atoms with van der Waals surface area (Å²) in [6.07, 6.45) is 2.69. The monoisotopic (exact) mass is 353 g/mol. The second-order valence-electron chi connectivity index (χ2n) is 6.40. The normalized spacial score (nSPS) is 15.8. The molecular formula is C19H19N3O2S. The highest BCUT2D eigenvalue weighted by Gasteiger charge is 2.59. The second-order valence-corrected chi connectivity index (χ2v) is 8.66. The van der Waals surface area contributed by atoms with Crippen LogP contribution in [0.1, 0.15) is 30.1 Å². The number of benzene rings is 2. The van der Waals surface area contributed by atoms with Gasteiger partial charge in [-0.1, -0.05) is 48.5 Å². The molecule has 1 heterocycles. The van der Waals surface area contributed by atoms with Gasteiger partial charge in [-0.25, -0.2) is 13.4 Å². The molecule has 1 N–H and O–H groups in total. The van der Waals surface area contributed by atoms with E-state index >= 15 is 0 Å². The van der Waals surface area contributed by atoms with Gasteiger partial charge in [-0.15, -0.1) is 0 Å². The van der Waals surface area contributed by atoms with Gasteiger partial charge in [-0.3, -0.25) is 5.10 Å². The van der Waals surface area contributed by atoms with Gasteiger partial charge in [0, 0.05) is 6.42 Å². The number of aromatic nitrogens is 3. The van der Waals surface area contributed by atoms with E-state index in [2.05, 4.69) is 27.3 Å². The fourth-order valence-electron chi connectivity index (χ4n) is 3.07. The first-order valence-corrected chi connectivity index (χ1v) is 9.85. The van der Waals surface area contributed by atoms with Gasteiger partial charge in [0.2, 0.25) is 0 Å². The quantitative estimate of drug-likeness (QED) is 0.739. The summed E-state index contributed by atoms with van der Waals surface area (Å²) in [7, 11) is -3.48. The third kappa shape index (κ3) is 2.87. The van der Waals surface area contributed by atoms with E-state index in [1.807, 2.05) is 24.3 Å². The molecule has 6 heteroatoms. The Morgan fingerprint density at radius 3 is 2.20 bits per heavy atom. The van der Waals surface area contributed by atoms with E-state index in [1.54, 1.807) is 24.3 Å². The number of sulfone groups is 1. The van der Waals surface area contributed by atoms with E-state index in [1.165, 1.54) is 5.56 Å². The first-order chi connectivity index (χ1) is 12.1. The lowest BCUT2D eigenvalue weighted by Gasteiger charge is -2.12. The van der Waals surface area contributed by atoms with Gasteiger partial charge in [0.25, 0.3) is 0 Å². The number of nitrogens with zero attached hydrogens (tertiary/aromatic N) is 2. The SMILES string of the molecule is O=S(=O)(c1ccccc1)C1(c2n[nH]c(CCc3ccccc3)n2)CC1. The predicted molar refractivity (Wildman–Crippen MR) is 94.8 cm³/mol. The third-order valence-electron chi connectivity index (χ3n) is 4.70. The number of aromatic amines is 1. The van der Waals surface area contributed by atoms with Crippen molar-refractivity contribution >= 4 is 9.84 Å². The fraction of sp³-hybridized carbons (Fsp3) is 0.263. The number of nitrogens with one attached hydrogen (secondary N) is 1. The Hall–Kier alpha value is -2.47. The number of rotatable bonds is 6. The van der Waals surface area contributed by atoms with Gasteiger partial charge in [-0.05, 0) is 37.0 Å². The molecule has 0 saturated heterocycles. The smallest absolute Gasteiger partial charge is 0.191 e. The van der Waals surface area contributed by atoms with Crippen LogP contribution >= 0.6 is 0 Å². The maximum atomic E-state index is 13.0. The van der Waals surface area contributed by atoms with Gasteiger partial charge in [0.1, 0.15) is 10.6 Å². The molecule has 0 unspecified atom stereocenters. The Kier molecular flexibility index (Phi) is 3.92. The molecule has 0 spiro atoms. The van der Waals surface area contributed by atoms with Gasteiger partial charge in [0.05, 0.1) is 4.90 Å². The number of aryl methyl sites for hydroxylation is 2. The van der Waals surface area contributed by atoms with E-state index in [0.29, 0.717) is 30.0 Å². The van der Waals surface area contributed by atoms with E-state index < -0.39 is 14.6 Å². The summed E-state index contributed by atoms with van der Waals surface area (Å²) in [5.74, 6) is 1.13. The van der Waals surface area contributed by atoms with E-state index in [-0.39, 0.29) is 0 Å². The van der Waals surface area contributed by atoms with Crippen LogP contribution in [0, 0.1) is 0 Å². The fourth-order valence-corrected chi connectivity index (χ4v) is 5.01. The van der Waals surface area contributed by atoms with Crippen LogP contribution < -0.4 is 0 Å². The van der Waals surface area contributed by atoms with Crippen LogP contribution in [-0.4, -0.2) is 23.6 Å². The molecule has 4 rings (SSSR count). The topological polar surface area (TPSA) is 75.7 Å². The van der Waals surface area contributed by atoms with Gasteiger partial charge in [0.15, 0.2) is 15.7 Å². The summed E-state index contributed by atoms with van der Waals surface area (Å²) >= 11 is 0. The van der Waals surface area contributed by atoms with Crippen LogP contribution in [0.15, 0.2) is 65.6 Å². The van der Waals surface area contributed by atoms with Crippen LogP contribution in [-0.2, 0) is 27.4 Å². The summed E-state index contributed by atoms with van der Waals surface area (Å²) in [5.41, 5.74) is 1.22. The summed E-state index contributed by atoms with van der Waals surface area (Å²) in [6, 6.07) is 18.7. The standard InChI is InChI=1S/C19H19N3O2S/c23-25(24,16-9-5-2-6-10-16)19(13-14-19)18-20-17(21-22-18)12-11-15-7-3-1-4-8-15/h1-10H,11-14H2,(H,20,21,22). The zero-order valence-corrected chi connectivity index (χ0v) is 14.5. The molecule has 25 heavy (non-hydrogen) atoms. The summed E-state index contributed by atoms with van der Waals surface area (Å²) in [6.45, 7) is 0. The molecule has 128 valence electrons. The lowest BCUT2D eigenvalue weighted by molar-refractivity contribution is 0.575. The molecule has 0 amide bonds. The van der Waals surface area contributed by atoms with Gasteiger partial charge >= 0.3 is 0 Å². The molecule has 1 aliphatic rings. The number of hydrogen-bond acceptors (Lipinski definition) is 4. The molecule has 0 atom stereocenters. The minimum atomic E-state index is -3.48. The van der Waals surface area contributed by atoms with Crippen LogP contribution in [0.5, 0.6) is 0 Å². The van der Waals surface area contributed by atoms with Crippen LogP contribution in [0.3, 0.4) is 0 Å². The molecule has 1 aromatic heterocycles. The third-order valence-corrected chi connectivity index (χ3v) is 7.22. The van der Waals surface area contributed by atoms with Crippen molar-refractivity contribution in [3.05, 3.63) is 77.9 Å². The summed E-state index contributed by atoms with van der Waals surface area (Å²) in [5, 5.41) is 7.16. The van der Waals surface area contributed by atoms with Gasteiger partial charge in [-0.2, -0.15) is 5.10 Å². The molecule has 0 radical (unpaired) electrons. The lowest BCUT2D eigenvalue weighted by Crippen LogP contribution is -2.22. The number of hydrogen-bond donors (Lipinski definition) is 1. The Balaban J connectivity index is 1.55. The van der Waals surface area contributed by atoms with Crippen molar-refractivity contribution in [3.63, 3.8) is 0 Å². The van der Waals surface area contributed by atoms with Gasteiger partial charge < -0.3 is 0 Å². The molecule has 0 bridgehead atoms. The van der Waals surface area contributed by atoms with Crippen LogP contribution in [0.25, 0.3) is 0 Å². The minimum absolute atomic E-state index is 0.336. The summed E-state index contributed by atoms with van der Waals surface area (Å²) < 4.78 is 25.1. The Bertz CT molecular complexity index is 962. The molecule has 1 aliphatic carbocycles. The van der Waals surface area contributed by atoms with Crippen LogP contribution in [0.4, 0.5) is 0 Å². The minimum Gasteiger partial charge on any atom is -0.263 e. The molecule has 0 aliphatic heterocycles. The highest BCUT2D eigenvalue weighted by molar-refractivity contribution is 7.92. The Morgan fingerprint density at radius 1 is 0.920 bits per heavy atom. The van der Waals surface area contributed by atoms with Crippen LogP contribution in [0.2, 0.25) is 0 Å². The van der Waals surface area contributed by atoms with E-state index in [4.69, 9.17) is 0 Å². The average molecular weight is 353 g/mol. The van der Waals surface area contributed by atoms with Crippen molar-refractivity contribution in [2.75, 3.05) is 0 Å². The second kappa shape index (κ2) is 6.11. The lowest BCUT2D eigenvalue weighted by atomic mass is 10.1. The van der Waals surface area contributed by atoms with Crippen molar-refractivity contribution in [3.8, 4) is 0 Å². The Labute approximate surface area is 147 Å². The van der Waals surface area contributed by atoms with Crippen molar-refractivity contribution in [2.45, 2.75) is 35.3 Å². The molecule has 5 nitrogen and oxygen atoms in total. The first-order valence-electron chi connectivity index (χ1n) is 8.37. The zero-order chi connectivity index (χ0) is 17.3. The number of H-pyrrole nitrogens is 1. The zero-order valence-electron chi connectivity index (χ0n) is 13.7. The van der Waals surface area contributed by atoms with E-state index in [0.717, 1.165) is 12.2 Å². The van der Waals surface area contributed by atoms with Crippen molar-refractivity contribution in [1.82, 2.24) is 15.2 Å². The predicted octanol–water partition coefficient (Wildman–Crippen LogP) is 3.05. The van der Waals surface area contributed by atoms with Crippen molar-refractivity contribution in [1.29, 1.82) is 0 Å². The molecule has 3 aromatic rings. The Morgan fingerprint density at radius 2 is 1.56 bits per heavy atom. The highest BCUT2D eigenvalue weighted by atomic mass is 32.2. The highest BCUT2D eigenvalue weighted by Crippen LogP contribution is 2.53. The average Bonchev–Trinajstić information content (AvgIpc) is 3.35. The summed E-state index contributed by atoms with van der Waals surface area (Å²) in [4.78, 5) is 4.84. The van der Waals surface area contributed by atoms with E-state index in [9.17, 15) is 8.42 Å². The maximum Gasteiger partial charge on any atom is 0.191 e. The first kappa shape index (κ1) is 16.0. The van der Waals surface area contributed by atoms with Crippen molar-refractivity contribution in [2.24, 2.45) is 0 Å². The largest absolute Gasteiger partial charge is 0.263 e. The molecular weight excluding hydrogens is 334 g/mol. The van der Waals surface area contributed by atoms with Crippen molar-refractivity contribution < 1.29 is 8.42 Å². The molecule has 1 saturated carbocycles. The molecule has 1 fully saturated rings. The molecule has 2 aromatic carbocycles. The maximum absolute atomic E-state index is 13.0.